The lowest BCUT2D eigenvalue weighted by Crippen LogP contribution is -2.25. The maximum absolute atomic E-state index is 12.0. The zero-order valence-corrected chi connectivity index (χ0v) is 14.5. The molecule has 0 bridgehead atoms. The second-order valence-electron chi connectivity index (χ2n) is 6.14. The lowest BCUT2D eigenvalue weighted by atomic mass is 10.1. The fourth-order valence-electron chi connectivity index (χ4n) is 1.53. The molecule has 1 aromatic carbocycles. The van der Waals surface area contributed by atoms with Gasteiger partial charge in [-0.05, 0) is 31.1 Å². The fraction of sp³-hybridized carbons (Fsp3) is 0.562. The van der Waals surface area contributed by atoms with Crippen molar-refractivity contribution in [3.63, 3.8) is 0 Å². The van der Waals surface area contributed by atoms with Crippen LogP contribution < -0.4 is 0 Å². The zero-order chi connectivity index (χ0) is 16.3. The van der Waals surface area contributed by atoms with E-state index in [0.717, 1.165) is 0 Å². The van der Waals surface area contributed by atoms with E-state index in [1.54, 1.807) is 19.1 Å². The Morgan fingerprint density at radius 2 is 1.90 bits per heavy atom. The van der Waals surface area contributed by atoms with Gasteiger partial charge < -0.3 is 14.0 Å². The van der Waals surface area contributed by atoms with Gasteiger partial charge in [-0.25, -0.2) is 4.79 Å². The Kier molecular flexibility index (Phi) is 5.70. The largest absolute Gasteiger partial charge is 0.507 e. The van der Waals surface area contributed by atoms with E-state index in [0.29, 0.717) is 5.56 Å². The molecule has 0 fully saturated rings. The molecular formula is C16H26O4S. The first-order chi connectivity index (χ1) is 9.60. The molecule has 0 aromatic heterocycles. The number of carbonyl (C=O) groups is 1. The van der Waals surface area contributed by atoms with E-state index >= 15 is 0 Å². The number of phenolic OH excluding ortho intramolecular Hbond substituents is 1. The third kappa shape index (κ3) is 4.38. The van der Waals surface area contributed by atoms with Gasteiger partial charge in [-0.1, -0.05) is 32.9 Å². The summed E-state index contributed by atoms with van der Waals surface area (Å²) in [5.41, 5.74) is 0.849. The summed E-state index contributed by atoms with van der Waals surface area (Å²) in [4.78, 5) is 12.0. The van der Waals surface area contributed by atoms with Gasteiger partial charge in [-0.3, -0.25) is 0 Å². The van der Waals surface area contributed by atoms with Crippen LogP contribution in [-0.2, 0) is 15.5 Å². The Morgan fingerprint density at radius 1 is 1.29 bits per heavy atom. The molecule has 5 heteroatoms. The van der Waals surface area contributed by atoms with E-state index in [1.165, 1.54) is 6.07 Å². The number of carbonyl (C=O) groups excluding carboxylic acids is 1. The van der Waals surface area contributed by atoms with Crippen molar-refractivity contribution in [2.45, 2.75) is 39.0 Å². The van der Waals surface area contributed by atoms with Gasteiger partial charge in [0.05, 0.1) is 13.2 Å². The summed E-state index contributed by atoms with van der Waals surface area (Å²) in [6.45, 7) is 8.69. The quantitative estimate of drug-likeness (QED) is 0.838. The van der Waals surface area contributed by atoms with Crippen LogP contribution in [0.4, 0.5) is 0 Å². The molecule has 0 unspecified atom stereocenters. The van der Waals surface area contributed by atoms with Crippen LogP contribution in [0.2, 0.25) is 0 Å². The molecule has 0 heterocycles. The molecule has 4 nitrogen and oxygen atoms in total. The van der Waals surface area contributed by atoms with Crippen LogP contribution in [0.5, 0.6) is 5.75 Å². The average molecular weight is 314 g/mol. The van der Waals surface area contributed by atoms with Crippen molar-refractivity contribution >= 4 is 16.3 Å². The number of esters is 1. The smallest absolute Gasteiger partial charge is 0.342 e. The molecule has 0 saturated heterocycles. The van der Waals surface area contributed by atoms with Gasteiger partial charge in [0.1, 0.15) is 11.3 Å². The summed E-state index contributed by atoms with van der Waals surface area (Å²) in [6, 6.07) is 4.97. The van der Waals surface area contributed by atoms with Gasteiger partial charge in [0.25, 0.3) is 0 Å². The second kappa shape index (κ2) is 6.71. The third-order valence-electron chi connectivity index (χ3n) is 3.59. The topological polar surface area (TPSA) is 55.8 Å². The first-order valence-electron chi connectivity index (χ1n) is 6.95. The Labute approximate surface area is 129 Å². The van der Waals surface area contributed by atoms with Crippen LogP contribution in [0.1, 0.15) is 43.6 Å². The Hall–Kier alpha value is -1.20. The molecule has 1 N–H and O–H groups in total. The summed E-state index contributed by atoms with van der Waals surface area (Å²) in [7, 11) is -1.30. The third-order valence-corrected chi connectivity index (χ3v) is 7.25. The van der Waals surface area contributed by atoms with E-state index in [4.69, 9.17) is 8.92 Å². The van der Waals surface area contributed by atoms with E-state index in [1.807, 2.05) is 0 Å². The normalized spacial score (nSPS) is 13.0. The molecule has 0 saturated carbocycles. The van der Waals surface area contributed by atoms with E-state index in [2.05, 4.69) is 33.3 Å². The van der Waals surface area contributed by atoms with Crippen LogP contribution in [0.15, 0.2) is 18.2 Å². The SMILES string of the molecule is CCOC(=O)c1c(O)cccc1COS(C)(C)C(C)(C)C. The van der Waals surface area contributed by atoms with Crippen LogP contribution in [-0.4, -0.2) is 34.9 Å². The number of hydrogen-bond donors (Lipinski definition) is 1. The predicted molar refractivity (Wildman–Crippen MR) is 88.0 cm³/mol. The van der Waals surface area contributed by atoms with Crippen molar-refractivity contribution in [2.75, 3.05) is 19.1 Å². The standard InChI is InChI=1S/C16H26O4S/c1-7-19-15(18)14-12(9-8-10-13(14)17)11-20-21(5,6)16(2,3)4/h8-10,17H,7,11H2,1-6H3. The van der Waals surface area contributed by atoms with Crippen molar-refractivity contribution in [1.29, 1.82) is 0 Å². The summed E-state index contributed by atoms with van der Waals surface area (Å²) in [5, 5.41) is 9.93. The molecule has 120 valence electrons. The minimum atomic E-state index is -1.30. The number of hydrogen-bond acceptors (Lipinski definition) is 4. The minimum Gasteiger partial charge on any atom is -0.507 e. The Bertz CT molecular complexity index is 503. The Balaban J connectivity index is 3.00. The van der Waals surface area contributed by atoms with Crippen molar-refractivity contribution in [3.8, 4) is 5.75 Å². The summed E-state index contributed by atoms with van der Waals surface area (Å²) < 4.78 is 11.1. The number of aromatic hydroxyl groups is 1. The molecule has 0 aliphatic carbocycles. The monoisotopic (exact) mass is 314 g/mol. The zero-order valence-electron chi connectivity index (χ0n) is 13.7. The molecule has 1 aromatic rings. The van der Waals surface area contributed by atoms with Crippen molar-refractivity contribution in [3.05, 3.63) is 29.3 Å². The van der Waals surface area contributed by atoms with Gasteiger partial charge in [0, 0.05) is 4.75 Å². The Morgan fingerprint density at radius 3 is 2.43 bits per heavy atom. The molecule has 0 amide bonds. The van der Waals surface area contributed by atoms with Gasteiger partial charge in [0.15, 0.2) is 0 Å². The van der Waals surface area contributed by atoms with Crippen molar-refractivity contribution < 1.29 is 18.8 Å². The summed E-state index contributed by atoms with van der Waals surface area (Å²) in [6.07, 6.45) is 4.19. The highest BCUT2D eigenvalue weighted by atomic mass is 32.3. The second-order valence-corrected chi connectivity index (χ2v) is 10.1. The number of ether oxygens (including phenoxy) is 1. The fourth-order valence-corrected chi connectivity index (χ4v) is 2.31. The molecular weight excluding hydrogens is 288 g/mol. The maximum atomic E-state index is 12.0. The van der Waals surface area contributed by atoms with E-state index in [-0.39, 0.29) is 29.3 Å². The van der Waals surface area contributed by atoms with Gasteiger partial charge in [-0.15, -0.1) is 10.3 Å². The lowest BCUT2D eigenvalue weighted by molar-refractivity contribution is 0.0520. The molecule has 0 aliphatic heterocycles. The van der Waals surface area contributed by atoms with Crippen LogP contribution in [0.25, 0.3) is 0 Å². The molecule has 0 atom stereocenters. The maximum Gasteiger partial charge on any atom is 0.342 e. The molecule has 0 radical (unpaired) electrons. The van der Waals surface area contributed by atoms with E-state index < -0.39 is 16.3 Å². The highest BCUT2D eigenvalue weighted by molar-refractivity contribution is 8.29. The molecule has 0 aliphatic rings. The van der Waals surface area contributed by atoms with Crippen LogP contribution in [0, 0.1) is 0 Å². The summed E-state index contributed by atoms with van der Waals surface area (Å²) in [5.74, 6) is -0.587. The van der Waals surface area contributed by atoms with Crippen molar-refractivity contribution in [2.24, 2.45) is 0 Å². The molecule has 1 rings (SSSR count). The molecule has 0 spiro atoms. The average Bonchev–Trinajstić information content (AvgIpc) is 2.35. The summed E-state index contributed by atoms with van der Waals surface area (Å²) >= 11 is 0. The van der Waals surface area contributed by atoms with Gasteiger partial charge >= 0.3 is 5.97 Å². The number of rotatable bonds is 5. The highest BCUT2D eigenvalue weighted by Crippen LogP contribution is 2.54. The first-order valence-corrected chi connectivity index (χ1v) is 9.33. The number of benzene rings is 1. The first kappa shape index (κ1) is 17.9. The number of phenols is 1. The highest BCUT2D eigenvalue weighted by Gasteiger charge is 2.29. The van der Waals surface area contributed by atoms with Crippen LogP contribution in [0.3, 0.4) is 0 Å². The van der Waals surface area contributed by atoms with Crippen molar-refractivity contribution in [1.82, 2.24) is 0 Å². The van der Waals surface area contributed by atoms with Gasteiger partial charge in [-0.2, -0.15) is 0 Å². The predicted octanol–water partition coefficient (Wildman–Crippen LogP) is 3.86. The minimum absolute atomic E-state index is 0.0356. The van der Waals surface area contributed by atoms with Crippen LogP contribution >= 0.6 is 10.3 Å². The van der Waals surface area contributed by atoms with E-state index in [9.17, 15) is 9.90 Å². The molecule has 21 heavy (non-hydrogen) atoms. The van der Waals surface area contributed by atoms with Gasteiger partial charge in [0.2, 0.25) is 0 Å². The lowest BCUT2D eigenvalue weighted by Gasteiger charge is -2.43.